The Hall–Kier alpha value is -3.11. The summed E-state index contributed by atoms with van der Waals surface area (Å²) in [5.41, 5.74) is 5.32. The number of para-hydroxylation sites is 1. The smallest absolute Gasteiger partial charge is 0.126 e. The zero-order valence-corrected chi connectivity index (χ0v) is 16.8. The molecule has 1 aliphatic rings. The third kappa shape index (κ3) is 4.33. The number of aromatic hydroxyl groups is 1. The van der Waals surface area contributed by atoms with E-state index in [9.17, 15) is 5.11 Å². The van der Waals surface area contributed by atoms with Gasteiger partial charge in [-0.05, 0) is 55.3 Å². The molecule has 1 aliphatic heterocycles. The fraction of sp³-hybridized carbons (Fsp3) is 0.240. The molecule has 0 saturated carbocycles. The number of aliphatic imine (C=N–C) groups is 1. The SMILES string of the molecule is CCOc1ccc(C2=N[C@H](c3ccc(C)cc3)N[C@H](c3ccccc3O)C2)cc1. The Kier molecular flexibility index (Phi) is 5.63. The van der Waals surface area contributed by atoms with Crippen LogP contribution >= 0.6 is 0 Å². The Morgan fingerprint density at radius 3 is 2.41 bits per heavy atom. The predicted molar refractivity (Wildman–Crippen MR) is 117 cm³/mol. The van der Waals surface area contributed by atoms with E-state index < -0.39 is 0 Å². The molecule has 0 fully saturated rings. The van der Waals surface area contributed by atoms with Gasteiger partial charge < -0.3 is 9.84 Å². The Bertz CT molecular complexity index is 994. The minimum Gasteiger partial charge on any atom is -0.508 e. The van der Waals surface area contributed by atoms with Gasteiger partial charge in [-0.25, -0.2) is 0 Å². The van der Waals surface area contributed by atoms with Crippen LogP contribution in [0.3, 0.4) is 0 Å². The van der Waals surface area contributed by atoms with Gasteiger partial charge in [0.1, 0.15) is 17.7 Å². The molecule has 0 saturated heterocycles. The van der Waals surface area contributed by atoms with Crippen LogP contribution in [0.4, 0.5) is 0 Å². The summed E-state index contributed by atoms with van der Waals surface area (Å²) < 4.78 is 5.57. The molecule has 4 rings (SSSR count). The summed E-state index contributed by atoms with van der Waals surface area (Å²) in [6.45, 7) is 4.71. The van der Waals surface area contributed by atoms with E-state index in [1.807, 2.05) is 37.3 Å². The largest absolute Gasteiger partial charge is 0.508 e. The molecule has 29 heavy (non-hydrogen) atoms. The lowest BCUT2D eigenvalue weighted by molar-refractivity contribution is 0.340. The van der Waals surface area contributed by atoms with Crippen LogP contribution in [0.5, 0.6) is 11.5 Å². The first-order valence-corrected chi connectivity index (χ1v) is 10.0. The summed E-state index contributed by atoms with van der Waals surface area (Å²) >= 11 is 0. The van der Waals surface area contributed by atoms with Gasteiger partial charge in [-0.3, -0.25) is 10.3 Å². The number of nitrogens with zero attached hydrogens (tertiary/aromatic N) is 1. The van der Waals surface area contributed by atoms with Crippen LogP contribution in [0.1, 0.15) is 47.8 Å². The van der Waals surface area contributed by atoms with Crippen molar-refractivity contribution < 1.29 is 9.84 Å². The lowest BCUT2D eigenvalue weighted by atomic mass is 9.93. The third-order valence-electron chi connectivity index (χ3n) is 5.25. The number of benzene rings is 3. The van der Waals surface area contributed by atoms with Crippen LogP contribution in [0.15, 0.2) is 77.8 Å². The summed E-state index contributed by atoms with van der Waals surface area (Å²) in [5, 5.41) is 14.0. The highest BCUT2D eigenvalue weighted by molar-refractivity contribution is 6.01. The Morgan fingerprint density at radius 2 is 1.72 bits per heavy atom. The fourth-order valence-corrected chi connectivity index (χ4v) is 3.69. The number of hydrogen-bond acceptors (Lipinski definition) is 4. The van der Waals surface area contributed by atoms with Crippen LogP contribution < -0.4 is 10.1 Å². The molecule has 2 N–H and O–H groups in total. The number of aryl methyl sites for hydroxylation is 1. The number of hydrogen-bond donors (Lipinski definition) is 2. The second kappa shape index (κ2) is 8.50. The van der Waals surface area contributed by atoms with Gasteiger partial charge in [-0.15, -0.1) is 0 Å². The molecule has 0 aliphatic carbocycles. The Balaban J connectivity index is 1.71. The van der Waals surface area contributed by atoms with Gasteiger partial charge in [0, 0.05) is 23.7 Å². The first kappa shape index (κ1) is 19.2. The van der Waals surface area contributed by atoms with E-state index in [0.717, 1.165) is 28.2 Å². The lowest BCUT2D eigenvalue weighted by Gasteiger charge is -2.31. The molecule has 1 heterocycles. The summed E-state index contributed by atoms with van der Waals surface area (Å²) in [6.07, 6.45) is 0.531. The minimum atomic E-state index is -0.171. The molecular formula is C25H26N2O2. The van der Waals surface area contributed by atoms with E-state index in [1.165, 1.54) is 5.56 Å². The fourth-order valence-electron chi connectivity index (χ4n) is 3.69. The van der Waals surface area contributed by atoms with Crippen LogP contribution in [0.2, 0.25) is 0 Å². The van der Waals surface area contributed by atoms with Gasteiger partial charge in [0.25, 0.3) is 0 Å². The summed E-state index contributed by atoms with van der Waals surface area (Å²) in [5.74, 6) is 1.17. The number of phenols is 1. The summed E-state index contributed by atoms with van der Waals surface area (Å²) in [6, 6.07) is 24.0. The van der Waals surface area contributed by atoms with Gasteiger partial charge >= 0.3 is 0 Å². The quantitative estimate of drug-likeness (QED) is 0.624. The van der Waals surface area contributed by atoms with Crippen molar-refractivity contribution in [1.82, 2.24) is 5.32 Å². The molecule has 4 heteroatoms. The highest BCUT2D eigenvalue weighted by atomic mass is 16.5. The van der Waals surface area contributed by atoms with Gasteiger partial charge in [0.15, 0.2) is 0 Å². The highest BCUT2D eigenvalue weighted by Gasteiger charge is 2.27. The van der Waals surface area contributed by atoms with Crippen LogP contribution in [0, 0.1) is 6.92 Å². The minimum absolute atomic E-state index is 0.0263. The topological polar surface area (TPSA) is 53.8 Å². The standard InChI is InChI=1S/C25H26N2O2/c1-3-29-20-14-12-18(13-15-20)22-16-23(21-6-4-5-7-24(21)28)27-25(26-22)19-10-8-17(2)9-11-19/h4-15,23,25,27-28H,3,16H2,1-2H3/t23-,25-/m0/s1. The summed E-state index contributed by atoms with van der Waals surface area (Å²) in [4.78, 5) is 5.02. The first-order valence-electron chi connectivity index (χ1n) is 10.0. The number of nitrogens with one attached hydrogen (secondary N) is 1. The van der Waals surface area contributed by atoms with E-state index in [2.05, 4.69) is 48.6 Å². The van der Waals surface area contributed by atoms with Crippen molar-refractivity contribution in [3.63, 3.8) is 0 Å². The molecule has 0 spiro atoms. The molecule has 4 nitrogen and oxygen atoms in total. The first-order chi connectivity index (χ1) is 14.1. The molecule has 0 amide bonds. The molecule has 3 aromatic rings. The van der Waals surface area contributed by atoms with Crippen LogP contribution in [-0.2, 0) is 0 Å². The van der Waals surface area contributed by atoms with Crippen molar-refractivity contribution in [1.29, 1.82) is 0 Å². The van der Waals surface area contributed by atoms with E-state index in [-0.39, 0.29) is 12.2 Å². The van der Waals surface area contributed by atoms with Crippen molar-refractivity contribution in [2.24, 2.45) is 4.99 Å². The van der Waals surface area contributed by atoms with Gasteiger partial charge in [-0.1, -0.05) is 48.0 Å². The normalized spacial score (nSPS) is 18.9. The van der Waals surface area contributed by atoms with Crippen molar-refractivity contribution in [2.75, 3.05) is 6.61 Å². The maximum atomic E-state index is 10.4. The molecule has 148 valence electrons. The molecule has 0 bridgehead atoms. The highest BCUT2D eigenvalue weighted by Crippen LogP contribution is 2.34. The van der Waals surface area contributed by atoms with Gasteiger partial charge in [-0.2, -0.15) is 0 Å². The summed E-state index contributed by atoms with van der Waals surface area (Å²) in [7, 11) is 0. The van der Waals surface area contributed by atoms with Crippen molar-refractivity contribution in [3.05, 3.63) is 95.1 Å². The van der Waals surface area contributed by atoms with Crippen molar-refractivity contribution in [2.45, 2.75) is 32.5 Å². The second-order valence-electron chi connectivity index (χ2n) is 7.33. The second-order valence-corrected chi connectivity index (χ2v) is 7.33. The number of ether oxygens (including phenoxy) is 1. The monoisotopic (exact) mass is 386 g/mol. The zero-order chi connectivity index (χ0) is 20.2. The number of phenolic OH excluding ortho intramolecular Hbond substituents is 1. The number of rotatable bonds is 5. The van der Waals surface area contributed by atoms with E-state index in [0.29, 0.717) is 18.8 Å². The Labute approximate surface area is 171 Å². The molecule has 0 unspecified atom stereocenters. The average Bonchev–Trinajstić information content (AvgIpc) is 2.75. The van der Waals surface area contributed by atoms with E-state index in [4.69, 9.17) is 9.73 Å². The Morgan fingerprint density at radius 1 is 1.00 bits per heavy atom. The van der Waals surface area contributed by atoms with Gasteiger partial charge in [0.05, 0.1) is 6.61 Å². The predicted octanol–water partition coefficient (Wildman–Crippen LogP) is 5.32. The third-order valence-corrected chi connectivity index (χ3v) is 5.25. The average molecular weight is 386 g/mol. The van der Waals surface area contributed by atoms with Crippen molar-refractivity contribution in [3.8, 4) is 11.5 Å². The van der Waals surface area contributed by atoms with Crippen LogP contribution in [-0.4, -0.2) is 17.4 Å². The van der Waals surface area contributed by atoms with E-state index in [1.54, 1.807) is 6.07 Å². The molecule has 0 aromatic heterocycles. The molecular weight excluding hydrogens is 360 g/mol. The zero-order valence-electron chi connectivity index (χ0n) is 16.8. The lowest BCUT2D eigenvalue weighted by Crippen LogP contribution is -2.33. The molecule has 2 atom stereocenters. The molecule has 3 aromatic carbocycles. The van der Waals surface area contributed by atoms with E-state index >= 15 is 0 Å². The van der Waals surface area contributed by atoms with Gasteiger partial charge in [0.2, 0.25) is 0 Å². The maximum absolute atomic E-state index is 10.4. The van der Waals surface area contributed by atoms with Crippen molar-refractivity contribution >= 4 is 5.71 Å². The van der Waals surface area contributed by atoms with Crippen LogP contribution in [0.25, 0.3) is 0 Å². The molecule has 0 radical (unpaired) electrons. The maximum Gasteiger partial charge on any atom is 0.126 e.